The van der Waals surface area contributed by atoms with E-state index in [1.54, 1.807) is 19.5 Å². The summed E-state index contributed by atoms with van der Waals surface area (Å²) in [5, 5.41) is 4.27. The number of halogens is 1. The van der Waals surface area contributed by atoms with Crippen LogP contribution in [0.4, 0.5) is 0 Å². The highest BCUT2D eigenvalue weighted by atomic mass is 127. The third kappa shape index (κ3) is 3.45. The molecule has 82 valence electrons. The molecule has 1 rings (SSSR count). The van der Waals surface area contributed by atoms with Crippen molar-refractivity contribution in [3.8, 4) is 0 Å². The van der Waals surface area contributed by atoms with Crippen LogP contribution < -0.4 is 5.32 Å². The fourth-order valence-corrected chi connectivity index (χ4v) is 2.33. The molecule has 15 heavy (non-hydrogen) atoms. The Morgan fingerprint density at radius 2 is 2.27 bits per heavy atom. The summed E-state index contributed by atoms with van der Waals surface area (Å²) in [6.45, 7) is 0.0851. The molecule has 1 heterocycles. The molecule has 0 aliphatic carbocycles. The average Bonchev–Trinajstić information content (AvgIpc) is 2.63. The zero-order valence-electron chi connectivity index (χ0n) is 8.41. The van der Waals surface area contributed by atoms with Gasteiger partial charge in [-0.2, -0.15) is 0 Å². The zero-order chi connectivity index (χ0) is 11.4. The van der Waals surface area contributed by atoms with Crippen LogP contribution in [0.3, 0.4) is 0 Å². The van der Waals surface area contributed by atoms with Crippen LogP contribution in [0.5, 0.6) is 0 Å². The van der Waals surface area contributed by atoms with Crippen LogP contribution in [-0.2, 0) is 4.79 Å². The fraction of sp³-hybridized carbons (Fsp3) is 0.333. The molecule has 0 aromatic carbocycles. The quantitative estimate of drug-likeness (QED) is 0.842. The molecule has 0 bridgehead atoms. The maximum absolute atomic E-state index is 11.8. The molecule has 0 spiro atoms. The minimum absolute atomic E-state index is 0.0851. The number of carbonyl (C=O) groups excluding carboxylic acids is 2. The Morgan fingerprint density at radius 1 is 1.60 bits per heavy atom. The number of amides is 2. The van der Waals surface area contributed by atoms with Gasteiger partial charge in [-0.3, -0.25) is 9.59 Å². The normalized spacial score (nSPS) is 9.80. The summed E-state index contributed by atoms with van der Waals surface area (Å²) in [6.07, 6.45) is 0. The van der Waals surface area contributed by atoms with Crippen molar-refractivity contribution in [2.45, 2.75) is 0 Å². The van der Waals surface area contributed by atoms with Crippen molar-refractivity contribution < 1.29 is 9.59 Å². The van der Waals surface area contributed by atoms with E-state index < -0.39 is 0 Å². The first-order valence-electron chi connectivity index (χ1n) is 4.24. The lowest BCUT2D eigenvalue weighted by Crippen LogP contribution is -2.36. The minimum Gasteiger partial charge on any atom is -0.358 e. The van der Waals surface area contributed by atoms with Gasteiger partial charge in [0.15, 0.2) is 0 Å². The molecule has 0 aliphatic heterocycles. The number of rotatable bonds is 3. The van der Waals surface area contributed by atoms with Crippen LogP contribution in [0, 0.1) is 2.88 Å². The molecule has 0 aliphatic rings. The van der Waals surface area contributed by atoms with Crippen molar-refractivity contribution in [3.05, 3.63) is 19.9 Å². The van der Waals surface area contributed by atoms with E-state index in [0.717, 1.165) is 2.88 Å². The number of likely N-dealkylation sites (N-methyl/N-ethyl adjacent to an activating group) is 2. The van der Waals surface area contributed by atoms with E-state index in [2.05, 4.69) is 27.9 Å². The topological polar surface area (TPSA) is 49.4 Å². The molecule has 4 nitrogen and oxygen atoms in total. The van der Waals surface area contributed by atoms with Gasteiger partial charge in [-0.1, -0.05) is 0 Å². The first kappa shape index (κ1) is 12.4. The van der Waals surface area contributed by atoms with E-state index in [1.165, 1.54) is 16.2 Å². The maximum Gasteiger partial charge on any atom is 0.254 e. The third-order valence-corrected chi connectivity index (χ3v) is 3.61. The lowest BCUT2D eigenvalue weighted by atomic mass is 10.3. The second-order valence-electron chi connectivity index (χ2n) is 2.97. The SMILES string of the molecule is CNC(=O)CN(C)C(=O)c1csc(I)c1. The number of thiophene rings is 1. The molecule has 0 unspecified atom stereocenters. The highest BCUT2D eigenvalue weighted by Crippen LogP contribution is 2.17. The molecule has 0 atom stereocenters. The molecule has 2 amide bonds. The summed E-state index contributed by atoms with van der Waals surface area (Å²) < 4.78 is 1.06. The van der Waals surface area contributed by atoms with E-state index in [-0.39, 0.29) is 18.4 Å². The Balaban J connectivity index is 2.64. The Bertz CT molecular complexity index is 378. The van der Waals surface area contributed by atoms with Crippen molar-refractivity contribution >= 4 is 45.7 Å². The van der Waals surface area contributed by atoms with Gasteiger partial charge in [-0.15, -0.1) is 11.3 Å². The number of nitrogens with one attached hydrogen (secondary N) is 1. The lowest BCUT2D eigenvalue weighted by molar-refractivity contribution is -0.121. The predicted molar refractivity (Wildman–Crippen MR) is 68.1 cm³/mol. The minimum atomic E-state index is -0.171. The van der Waals surface area contributed by atoms with Crippen molar-refractivity contribution in [3.63, 3.8) is 0 Å². The Labute approximate surface area is 106 Å². The van der Waals surface area contributed by atoms with E-state index in [9.17, 15) is 9.59 Å². The van der Waals surface area contributed by atoms with Crippen LogP contribution in [0.2, 0.25) is 0 Å². The largest absolute Gasteiger partial charge is 0.358 e. The van der Waals surface area contributed by atoms with Crippen molar-refractivity contribution in [2.75, 3.05) is 20.6 Å². The molecule has 6 heteroatoms. The van der Waals surface area contributed by atoms with Gasteiger partial charge in [-0.05, 0) is 28.7 Å². The van der Waals surface area contributed by atoms with Gasteiger partial charge < -0.3 is 10.2 Å². The first-order valence-corrected chi connectivity index (χ1v) is 6.20. The summed E-state index contributed by atoms with van der Waals surface area (Å²) in [6, 6.07) is 1.81. The average molecular weight is 338 g/mol. The summed E-state index contributed by atoms with van der Waals surface area (Å²) in [5.74, 6) is -0.298. The van der Waals surface area contributed by atoms with Gasteiger partial charge in [-0.25, -0.2) is 0 Å². The zero-order valence-corrected chi connectivity index (χ0v) is 11.4. The maximum atomic E-state index is 11.8. The van der Waals surface area contributed by atoms with Crippen molar-refractivity contribution in [1.82, 2.24) is 10.2 Å². The Morgan fingerprint density at radius 3 is 2.73 bits per heavy atom. The van der Waals surface area contributed by atoms with Gasteiger partial charge >= 0.3 is 0 Å². The molecular formula is C9H11IN2O2S. The Kier molecular flexibility index (Phi) is 4.52. The van der Waals surface area contributed by atoms with Gasteiger partial charge in [0.05, 0.1) is 15.0 Å². The molecule has 0 radical (unpaired) electrons. The molecule has 1 aromatic heterocycles. The third-order valence-electron chi connectivity index (χ3n) is 1.82. The highest BCUT2D eigenvalue weighted by molar-refractivity contribution is 14.1. The summed E-state index contributed by atoms with van der Waals surface area (Å²) in [4.78, 5) is 24.2. The van der Waals surface area contributed by atoms with Crippen LogP contribution >= 0.6 is 33.9 Å². The van der Waals surface area contributed by atoms with Crippen molar-refractivity contribution in [1.29, 1.82) is 0 Å². The van der Waals surface area contributed by atoms with Gasteiger partial charge in [0, 0.05) is 19.5 Å². The Hall–Kier alpha value is -0.630. The van der Waals surface area contributed by atoms with E-state index in [1.807, 2.05) is 6.07 Å². The highest BCUT2D eigenvalue weighted by Gasteiger charge is 2.15. The van der Waals surface area contributed by atoms with Crippen LogP contribution in [-0.4, -0.2) is 37.4 Å². The smallest absolute Gasteiger partial charge is 0.254 e. The summed E-state index contributed by atoms with van der Waals surface area (Å²) >= 11 is 3.67. The molecule has 1 N–H and O–H groups in total. The molecule has 1 aromatic rings. The number of nitrogens with zero attached hydrogens (tertiary/aromatic N) is 1. The number of hydrogen-bond donors (Lipinski definition) is 1. The van der Waals surface area contributed by atoms with E-state index in [0.29, 0.717) is 5.56 Å². The molecule has 0 saturated heterocycles. The number of hydrogen-bond acceptors (Lipinski definition) is 3. The lowest BCUT2D eigenvalue weighted by Gasteiger charge is -2.14. The molecular weight excluding hydrogens is 327 g/mol. The van der Waals surface area contributed by atoms with Gasteiger partial charge in [0.25, 0.3) is 5.91 Å². The second kappa shape index (κ2) is 5.45. The van der Waals surface area contributed by atoms with Gasteiger partial charge in [0.1, 0.15) is 0 Å². The first-order chi connectivity index (χ1) is 7.04. The van der Waals surface area contributed by atoms with Crippen LogP contribution in [0.1, 0.15) is 10.4 Å². The molecule has 0 fully saturated rings. The summed E-state index contributed by atoms with van der Waals surface area (Å²) in [5.41, 5.74) is 0.635. The van der Waals surface area contributed by atoms with E-state index >= 15 is 0 Å². The summed E-state index contributed by atoms with van der Waals surface area (Å²) in [7, 11) is 3.16. The number of carbonyl (C=O) groups is 2. The molecule has 0 saturated carbocycles. The fourth-order valence-electron chi connectivity index (χ4n) is 1.01. The second-order valence-corrected chi connectivity index (χ2v) is 5.78. The van der Waals surface area contributed by atoms with Crippen molar-refractivity contribution in [2.24, 2.45) is 0 Å². The van der Waals surface area contributed by atoms with Gasteiger partial charge in [0.2, 0.25) is 5.91 Å². The standard InChI is InChI=1S/C9H11IN2O2S/c1-11-8(13)4-12(2)9(14)6-3-7(10)15-5-6/h3,5H,4H2,1-2H3,(H,11,13). The van der Waals surface area contributed by atoms with Crippen LogP contribution in [0.15, 0.2) is 11.4 Å². The monoisotopic (exact) mass is 338 g/mol. The van der Waals surface area contributed by atoms with Crippen LogP contribution in [0.25, 0.3) is 0 Å². The predicted octanol–water partition coefficient (Wildman–Crippen LogP) is 1.17. The van der Waals surface area contributed by atoms with E-state index in [4.69, 9.17) is 0 Å².